The highest BCUT2D eigenvalue weighted by Crippen LogP contribution is 2.41. The number of hydrogen-bond acceptors (Lipinski definition) is 11. The molecule has 2 atom stereocenters. The molecule has 10 nitrogen and oxygen atoms in total. The number of hydrogen-bond donors (Lipinski definition) is 2. The summed E-state index contributed by atoms with van der Waals surface area (Å²) in [4.78, 5) is 25.5. The molecule has 0 amide bonds. The van der Waals surface area contributed by atoms with E-state index >= 15 is 0 Å². The van der Waals surface area contributed by atoms with Gasteiger partial charge in [-0.2, -0.15) is 10.1 Å². The second-order valence-electron chi connectivity index (χ2n) is 7.95. The fraction of sp³-hybridized carbons (Fsp3) is 0.174. The molecule has 0 spiro atoms. The minimum Gasteiger partial charge on any atom is -0.457 e. The predicted octanol–water partition coefficient (Wildman–Crippen LogP) is 3.79. The Hall–Kier alpha value is -3.77. The summed E-state index contributed by atoms with van der Waals surface area (Å²) in [5.41, 5.74) is 15.7. The zero-order valence-corrected chi connectivity index (χ0v) is 19.8. The fourth-order valence-corrected chi connectivity index (χ4v) is 7.03. The lowest BCUT2D eigenvalue weighted by atomic mass is 10.1. The highest BCUT2D eigenvalue weighted by molar-refractivity contribution is 8.77. The maximum atomic E-state index is 12.6. The van der Waals surface area contributed by atoms with E-state index < -0.39 is 0 Å². The van der Waals surface area contributed by atoms with Crippen LogP contribution in [-0.4, -0.2) is 47.8 Å². The first-order valence-electron chi connectivity index (χ1n) is 10.7. The quantitative estimate of drug-likeness (QED) is 0.265. The summed E-state index contributed by atoms with van der Waals surface area (Å²) in [5.74, 6) is 0.694. The van der Waals surface area contributed by atoms with Crippen LogP contribution in [-0.2, 0) is 11.3 Å². The van der Waals surface area contributed by atoms with Gasteiger partial charge in [0.25, 0.3) is 6.01 Å². The van der Waals surface area contributed by atoms with Crippen molar-refractivity contribution in [1.29, 1.82) is 0 Å². The monoisotopic (exact) mass is 505 g/mol. The molecular formula is C23H19N7O3S2. The molecule has 1 aliphatic rings. The number of nitrogens with zero attached hydrogens (tertiary/aromatic N) is 5. The third-order valence-electron chi connectivity index (χ3n) is 5.70. The Morgan fingerprint density at radius 3 is 2.89 bits per heavy atom. The highest BCUT2D eigenvalue weighted by Gasteiger charge is 2.34. The second-order valence-corrected chi connectivity index (χ2v) is 10.6. The molecule has 1 aliphatic heterocycles. The molecule has 0 radical (unpaired) electrons. The molecule has 0 aliphatic carbocycles. The molecule has 6 rings (SSSR count). The lowest BCUT2D eigenvalue weighted by Gasteiger charge is -2.18. The first kappa shape index (κ1) is 21.7. The number of benzene rings is 2. The molecule has 4 heterocycles. The summed E-state index contributed by atoms with van der Waals surface area (Å²) in [6.45, 7) is 0.483. The second kappa shape index (κ2) is 8.78. The maximum Gasteiger partial charge on any atom is 0.338 e. The molecule has 0 saturated carbocycles. The Bertz CT molecular complexity index is 1550. The van der Waals surface area contributed by atoms with Gasteiger partial charge in [-0.3, -0.25) is 0 Å². The highest BCUT2D eigenvalue weighted by atomic mass is 33.1. The van der Waals surface area contributed by atoms with Crippen LogP contribution in [0.5, 0.6) is 0 Å². The number of anilines is 2. The molecule has 5 aromatic rings. The van der Waals surface area contributed by atoms with E-state index in [1.807, 2.05) is 30.3 Å². The van der Waals surface area contributed by atoms with E-state index in [-0.39, 0.29) is 23.3 Å². The van der Waals surface area contributed by atoms with Gasteiger partial charge in [-0.15, -0.1) is 0 Å². The van der Waals surface area contributed by atoms with Crippen molar-refractivity contribution in [3.63, 3.8) is 0 Å². The minimum absolute atomic E-state index is 0.0161. The molecular weight excluding hydrogens is 486 g/mol. The average Bonchev–Trinajstić information content (AvgIpc) is 3.56. The lowest BCUT2D eigenvalue weighted by molar-refractivity contribution is 0.0342. The largest absolute Gasteiger partial charge is 0.457 e. The summed E-state index contributed by atoms with van der Waals surface area (Å²) >= 11 is 0. The predicted molar refractivity (Wildman–Crippen MR) is 137 cm³/mol. The number of carbonyl (C=O) groups excluding carboxylic acids is 1. The summed E-state index contributed by atoms with van der Waals surface area (Å²) in [7, 11) is 3.35. The van der Waals surface area contributed by atoms with Crippen molar-refractivity contribution >= 4 is 61.5 Å². The number of aromatic nitrogens is 5. The smallest absolute Gasteiger partial charge is 0.338 e. The Morgan fingerprint density at radius 1 is 1.17 bits per heavy atom. The summed E-state index contributed by atoms with van der Waals surface area (Å²) < 4.78 is 13.0. The van der Waals surface area contributed by atoms with Crippen LogP contribution in [0.3, 0.4) is 0 Å². The minimum atomic E-state index is -0.332. The van der Waals surface area contributed by atoms with Gasteiger partial charge in [-0.1, -0.05) is 39.8 Å². The van der Waals surface area contributed by atoms with E-state index in [1.54, 1.807) is 44.5 Å². The first-order chi connectivity index (χ1) is 17.1. The van der Waals surface area contributed by atoms with Crippen LogP contribution in [0.2, 0.25) is 0 Å². The van der Waals surface area contributed by atoms with Gasteiger partial charge in [-0.05, 0) is 30.3 Å². The van der Waals surface area contributed by atoms with Gasteiger partial charge in [0.1, 0.15) is 29.5 Å². The standard InChI is InChI=1S/C23H19N7O3S2/c24-20-18-19(13-6-7-15-14(8-13)28-23(25)33-15)29-30(21(18)27-11-26-20)9-17-16(10-34-35-17)32-22(31)12-4-2-1-3-5-12/h1-8,11,16-17H,9-10H2,(H2,25,28)(H2,24,26,27)/t16-,17+/m1/s1. The molecule has 1 saturated heterocycles. The van der Waals surface area contributed by atoms with Crippen molar-refractivity contribution in [2.45, 2.75) is 17.9 Å². The van der Waals surface area contributed by atoms with Crippen molar-refractivity contribution in [1.82, 2.24) is 24.7 Å². The summed E-state index contributed by atoms with van der Waals surface area (Å²) in [6, 6.07) is 14.6. The molecule has 12 heteroatoms. The SMILES string of the molecule is Nc1nc2cc(-c3nn(C[C@@H]4SSC[C@H]4OC(=O)c4ccccc4)c4ncnc(N)c34)ccc2o1. The van der Waals surface area contributed by atoms with Gasteiger partial charge >= 0.3 is 5.97 Å². The molecule has 2 aromatic carbocycles. The summed E-state index contributed by atoms with van der Waals surface area (Å²) in [6.07, 6.45) is 1.15. The van der Waals surface area contributed by atoms with Gasteiger partial charge in [0.15, 0.2) is 11.2 Å². The van der Waals surface area contributed by atoms with E-state index in [2.05, 4.69) is 15.0 Å². The van der Waals surface area contributed by atoms with Gasteiger partial charge in [-0.25, -0.2) is 19.4 Å². The summed E-state index contributed by atoms with van der Waals surface area (Å²) in [5, 5.41) is 5.48. The number of oxazole rings is 1. The van der Waals surface area contributed by atoms with E-state index in [4.69, 9.17) is 25.7 Å². The molecule has 1 fully saturated rings. The maximum absolute atomic E-state index is 12.6. The number of nitrogen functional groups attached to an aromatic ring is 2. The number of rotatable bonds is 5. The molecule has 3 aromatic heterocycles. The van der Waals surface area contributed by atoms with Crippen molar-refractivity contribution in [3.8, 4) is 11.3 Å². The van der Waals surface area contributed by atoms with Crippen LogP contribution >= 0.6 is 21.6 Å². The van der Waals surface area contributed by atoms with Crippen LogP contribution in [0.25, 0.3) is 33.4 Å². The van der Waals surface area contributed by atoms with Crippen molar-refractivity contribution < 1.29 is 13.9 Å². The number of fused-ring (bicyclic) bond motifs is 2. The third-order valence-corrected chi connectivity index (χ3v) is 8.55. The van der Waals surface area contributed by atoms with E-state index in [0.717, 1.165) is 5.56 Å². The molecule has 0 bridgehead atoms. The van der Waals surface area contributed by atoms with Crippen LogP contribution in [0, 0.1) is 0 Å². The number of esters is 1. The topological polar surface area (TPSA) is 148 Å². The van der Waals surface area contributed by atoms with Crippen molar-refractivity contribution in [3.05, 3.63) is 60.4 Å². The van der Waals surface area contributed by atoms with E-state index in [0.29, 0.717) is 51.5 Å². The zero-order chi connectivity index (χ0) is 23.9. The Kier molecular flexibility index (Phi) is 5.46. The lowest BCUT2D eigenvalue weighted by Crippen LogP contribution is -2.31. The normalized spacial score (nSPS) is 17.8. The Balaban J connectivity index is 1.33. The van der Waals surface area contributed by atoms with Gasteiger partial charge in [0.2, 0.25) is 0 Å². The molecule has 176 valence electrons. The van der Waals surface area contributed by atoms with Gasteiger partial charge < -0.3 is 20.6 Å². The fourth-order valence-electron chi connectivity index (χ4n) is 4.02. The number of carbonyl (C=O) groups is 1. The third kappa shape index (κ3) is 4.04. The first-order valence-corrected chi connectivity index (χ1v) is 13.1. The number of nitrogens with two attached hydrogens (primary N) is 2. The van der Waals surface area contributed by atoms with Crippen LogP contribution in [0.15, 0.2) is 59.3 Å². The average molecular weight is 506 g/mol. The molecule has 0 unspecified atom stereocenters. The zero-order valence-electron chi connectivity index (χ0n) is 18.2. The van der Waals surface area contributed by atoms with Gasteiger partial charge in [0.05, 0.1) is 22.7 Å². The van der Waals surface area contributed by atoms with E-state index in [1.165, 1.54) is 6.33 Å². The van der Waals surface area contributed by atoms with Crippen molar-refractivity contribution in [2.75, 3.05) is 17.2 Å². The number of ether oxygens (including phenoxy) is 1. The van der Waals surface area contributed by atoms with Gasteiger partial charge in [0, 0.05) is 11.3 Å². The van der Waals surface area contributed by atoms with E-state index in [9.17, 15) is 4.79 Å². The molecule has 4 N–H and O–H groups in total. The Morgan fingerprint density at radius 2 is 2.03 bits per heavy atom. The van der Waals surface area contributed by atoms with Crippen LogP contribution in [0.1, 0.15) is 10.4 Å². The van der Waals surface area contributed by atoms with Crippen LogP contribution < -0.4 is 11.5 Å². The van der Waals surface area contributed by atoms with Crippen LogP contribution in [0.4, 0.5) is 11.8 Å². The Labute approximate surface area is 206 Å². The van der Waals surface area contributed by atoms with Crippen molar-refractivity contribution in [2.24, 2.45) is 0 Å². The molecule has 35 heavy (non-hydrogen) atoms.